The topological polar surface area (TPSA) is 38.8 Å². The fourth-order valence-corrected chi connectivity index (χ4v) is 6.44. The molecule has 2 aliphatic heterocycles. The number of rotatable bonds is 9. The summed E-state index contributed by atoms with van der Waals surface area (Å²) in [5.41, 5.74) is 5.20. The summed E-state index contributed by atoms with van der Waals surface area (Å²) < 4.78 is 11.5. The molecule has 0 N–H and O–H groups in total. The standard InChI is InChI=1S/C32H43NO3/c1-23(2)31-7-3-4-16-33(31)21-25-9-11-27-18-24(8-10-28(27)19-25)20-32(34)26-12-14-29(15-13-26)36-22-30-6-5-17-35-30/h9,11-15,19,23-24,30-31H,3-8,10,16-18,20-22H2,1-2H3/t24-,30-,31?/m0/s1. The average molecular weight is 490 g/mol. The van der Waals surface area contributed by atoms with Crippen molar-refractivity contribution in [2.45, 2.75) is 90.3 Å². The maximum absolute atomic E-state index is 13.0. The number of hydrogen-bond donors (Lipinski definition) is 0. The van der Waals surface area contributed by atoms with Crippen LogP contribution in [0.5, 0.6) is 5.75 Å². The Morgan fingerprint density at radius 3 is 2.67 bits per heavy atom. The number of Topliss-reactive ketones (excluding diaryl/α,β-unsaturated/α-hetero) is 1. The molecule has 4 heteroatoms. The molecule has 0 spiro atoms. The van der Waals surface area contributed by atoms with E-state index in [0.717, 1.165) is 62.5 Å². The van der Waals surface area contributed by atoms with Crippen molar-refractivity contribution in [1.82, 2.24) is 4.90 Å². The lowest BCUT2D eigenvalue weighted by Gasteiger charge is -2.38. The van der Waals surface area contributed by atoms with Gasteiger partial charge in [-0.05, 0) is 104 Å². The minimum Gasteiger partial charge on any atom is -0.491 e. The van der Waals surface area contributed by atoms with Crippen molar-refractivity contribution < 1.29 is 14.3 Å². The van der Waals surface area contributed by atoms with E-state index in [1.54, 1.807) is 0 Å². The van der Waals surface area contributed by atoms with E-state index in [2.05, 4.69) is 36.9 Å². The molecule has 2 aromatic carbocycles. The number of carbonyl (C=O) groups excluding carboxylic acids is 1. The molecule has 0 radical (unpaired) electrons. The molecule has 5 rings (SSSR count). The number of benzene rings is 2. The van der Waals surface area contributed by atoms with E-state index in [-0.39, 0.29) is 11.9 Å². The van der Waals surface area contributed by atoms with Crippen molar-refractivity contribution in [3.8, 4) is 5.75 Å². The summed E-state index contributed by atoms with van der Waals surface area (Å²) in [5.74, 6) is 2.21. The lowest BCUT2D eigenvalue weighted by Crippen LogP contribution is -2.42. The maximum Gasteiger partial charge on any atom is 0.163 e. The van der Waals surface area contributed by atoms with E-state index in [0.29, 0.717) is 25.0 Å². The first-order valence-corrected chi connectivity index (χ1v) is 14.3. The second-order valence-electron chi connectivity index (χ2n) is 11.6. The van der Waals surface area contributed by atoms with Crippen LogP contribution in [0, 0.1) is 11.8 Å². The molecule has 194 valence electrons. The zero-order valence-electron chi connectivity index (χ0n) is 22.2. The quantitative estimate of drug-likeness (QED) is 0.371. The van der Waals surface area contributed by atoms with Crippen LogP contribution in [0.15, 0.2) is 42.5 Å². The largest absolute Gasteiger partial charge is 0.491 e. The Hall–Kier alpha value is -2.17. The van der Waals surface area contributed by atoms with Crippen LogP contribution in [0.1, 0.15) is 85.8 Å². The molecule has 0 bridgehead atoms. The Morgan fingerprint density at radius 1 is 1.03 bits per heavy atom. The zero-order valence-corrected chi connectivity index (χ0v) is 22.2. The van der Waals surface area contributed by atoms with Gasteiger partial charge in [-0.25, -0.2) is 0 Å². The monoisotopic (exact) mass is 489 g/mol. The highest BCUT2D eigenvalue weighted by molar-refractivity contribution is 5.96. The van der Waals surface area contributed by atoms with Gasteiger partial charge in [0.1, 0.15) is 12.4 Å². The van der Waals surface area contributed by atoms with Crippen molar-refractivity contribution in [2.24, 2.45) is 11.8 Å². The summed E-state index contributed by atoms with van der Waals surface area (Å²) in [5, 5.41) is 0. The van der Waals surface area contributed by atoms with Gasteiger partial charge in [-0.2, -0.15) is 0 Å². The predicted octanol–water partition coefficient (Wildman–Crippen LogP) is 6.63. The summed E-state index contributed by atoms with van der Waals surface area (Å²) >= 11 is 0. The van der Waals surface area contributed by atoms with Crippen LogP contribution in [-0.4, -0.2) is 42.6 Å². The van der Waals surface area contributed by atoms with Crippen molar-refractivity contribution in [2.75, 3.05) is 19.8 Å². The first kappa shape index (κ1) is 25.5. The van der Waals surface area contributed by atoms with Crippen LogP contribution in [0.3, 0.4) is 0 Å². The SMILES string of the molecule is CC(C)C1CCCCN1Cc1ccc2c(c1)CC[C@H](CC(=O)c1ccc(OC[C@@H]3CCCO3)cc1)C2. The van der Waals surface area contributed by atoms with Crippen molar-refractivity contribution in [1.29, 1.82) is 0 Å². The van der Waals surface area contributed by atoms with Crippen LogP contribution < -0.4 is 4.74 Å². The highest BCUT2D eigenvalue weighted by Gasteiger charge is 2.26. The number of ether oxygens (including phenoxy) is 2. The van der Waals surface area contributed by atoms with Gasteiger partial charge in [0.2, 0.25) is 0 Å². The predicted molar refractivity (Wildman–Crippen MR) is 145 cm³/mol. The van der Waals surface area contributed by atoms with E-state index >= 15 is 0 Å². The molecule has 0 amide bonds. The molecular formula is C32H43NO3. The van der Waals surface area contributed by atoms with Gasteiger partial charge >= 0.3 is 0 Å². The number of hydrogen-bond acceptors (Lipinski definition) is 4. The first-order valence-electron chi connectivity index (χ1n) is 14.3. The molecular weight excluding hydrogens is 446 g/mol. The molecule has 36 heavy (non-hydrogen) atoms. The van der Waals surface area contributed by atoms with Gasteiger partial charge < -0.3 is 9.47 Å². The third kappa shape index (κ3) is 6.39. The number of piperidine rings is 1. The summed E-state index contributed by atoms with van der Waals surface area (Å²) in [6.07, 6.45) is 10.3. The van der Waals surface area contributed by atoms with Crippen molar-refractivity contribution in [3.05, 3.63) is 64.7 Å². The van der Waals surface area contributed by atoms with Crippen molar-refractivity contribution in [3.63, 3.8) is 0 Å². The molecule has 2 aromatic rings. The van der Waals surface area contributed by atoms with E-state index in [9.17, 15) is 4.79 Å². The second-order valence-corrected chi connectivity index (χ2v) is 11.6. The minimum atomic E-state index is 0.207. The number of likely N-dealkylation sites (tertiary alicyclic amines) is 1. The Labute approximate surface area is 217 Å². The first-order chi connectivity index (χ1) is 17.5. The molecule has 0 aromatic heterocycles. The molecule has 4 nitrogen and oxygen atoms in total. The molecule has 1 unspecified atom stereocenters. The van der Waals surface area contributed by atoms with Crippen LogP contribution in [-0.2, 0) is 24.1 Å². The highest BCUT2D eigenvalue weighted by atomic mass is 16.5. The van der Waals surface area contributed by atoms with Crippen LogP contribution in [0.4, 0.5) is 0 Å². The van der Waals surface area contributed by atoms with Gasteiger partial charge in [0.15, 0.2) is 5.78 Å². The van der Waals surface area contributed by atoms with E-state index in [4.69, 9.17) is 9.47 Å². The molecule has 1 aliphatic carbocycles. The fraction of sp³-hybridized carbons (Fsp3) is 0.594. The summed E-state index contributed by atoms with van der Waals surface area (Å²) in [6.45, 7) is 8.47. The number of aryl methyl sites for hydroxylation is 1. The van der Waals surface area contributed by atoms with Gasteiger partial charge in [0.25, 0.3) is 0 Å². The Bertz CT molecular complexity index is 1010. The third-order valence-corrected chi connectivity index (χ3v) is 8.53. The van der Waals surface area contributed by atoms with Crippen molar-refractivity contribution >= 4 is 5.78 Å². The lowest BCUT2D eigenvalue weighted by atomic mass is 9.80. The number of nitrogens with zero attached hydrogens (tertiary/aromatic N) is 1. The lowest BCUT2D eigenvalue weighted by molar-refractivity contribution is 0.0679. The van der Waals surface area contributed by atoms with Crippen LogP contribution >= 0.6 is 0 Å². The zero-order chi connectivity index (χ0) is 24.9. The van der Waals surface area contributed by atoms with Gasteiger partial charge in [0.05, 0.1) is 6.10 Å². The second kappa shape index (κ2) is 11.9. The van der Waals surface area contributed by atoms with Gasteiger partial charge in [0, 0.05) is 31.2 Å². The molecule has 2 heterocycles. The van der Waals surface area contributed by atoms with E-state index in [1.807, 2.05) is 24.3 Å². The normalized spacial score (nSPS) is 24.6. The van der Waals surface area contributed by atoms with Crippen LogP contribution in [0.2, 0.25) is 0 Å². The Kier molecular flexibility index (Phi) is 8.43. The third-order valence-electron chi connectivity index (χ3n) is 8.53. The number of ketones is 1. The van der Waals surface area contributed by atoms with Gasteiger partial charge in [-0.3, -0.25) is 9.69 Å². The smallest absolute Gasteiger partial charge is 0.163 e. The van der Waals surface area contributed by atoms with Crippen LogP contribution in [0.25, 0.3) is 0 Å². The van der Waals surface area contributed by atoms with E-state index < -0.39 is 0 Å². The molecule has 2 saturated heterocycles. The maximum atomic E-state index is 13.0. The Morgan fingerprint density at radius 2 is 1.89 bits per heavy atom. The highest BCUT2D eigenvalue weighted by Crippen LogP contribution is 2.31. The van der Waals surface area contributed by atoms with E-state index in [1.165, 1.54) is 42.5 Å². The number of fused-ring (bicyclic) bond motifs is 1. The average Bonchev–Trinajstić information content (AvgIpc) is 3.42. The summed E-state index contributed by atoms with van der Waals surface area (Å²) in [6, 6.07) is 15.5. The number of carbonyl (C=O) groups is 1. The van der Waals surface area contributed by atoms with Gasteiger partial charge in [-0.15, -0.1) is 0 Å². The fourth-order valence-electron chi connectivity index (χ4n) is 6.44. The summed E-state index contributed by atoms with van der Waals surface area (Å²) in [4.78, 5) is 15.7. The van der Waals surface area contributed by atoms with Gasteiger partial charge in [-0.1, -0.05) is 38.5 Å². The molecule has 0 saturated carbocycles. The summed E-state index contributed by atoms with van der Waals surface area (Å²) in [7, 11) is 0. The molecule has 3 aliphatic rings. The Balaban J connectivity index is 1.13. The molecule has 2 fully saturated rings. The minimum absolute atomic E-state index is 0.207. The molecule has 3 atom stereocenters.